The lowest BCUT2D eigenvalue weighted by molar-refractivity contribution is -0.144. The van der Waals surface area contributed by atoms with Gasteiger partial charge in [0.05, 0.1) is 12.5 Å². The SMILES string of the molecule is COC(=O)CNC(=O)C1(CN)CCOCC1. The first kappa shape index (κ1) is 12.9. The molecule has 0 aromatic heterocycles. The minimum Gasteiger partial charge on any atom is -0.468 e. The van der Waals surface area contributed by atoms with Crippen LogP contribution in [0, 0.1) is 5.41 Å². The maximum atomic E-state index is 11.9. The maximum absolute atomic E-state index is 11.9. The third kappa shape index (κ3) is 2.93. The largest absolute Gasteiger partial charge is 0.468 e. The summed E-state index contributed by atoms with van der Waals surface area (Å²) in [5.41, 5.74) is 5.05. The fourth-order valence-corrected chi connectivity index (χ4v) is 1.70. The van der Waals surface area contributed by atoms with Gasteiger partial charge in [-0.15, -0.1) is 0 Å². The number of hydrogen-bond donors (Lipinski definition) is 2. The quantitative estimate of drug-likeness (QED) is 0.606. The molecular formula is C10H18N2O4. The standard InChI is InChI=1S/C10H18N2O4/c1-15-8(13)6-12-9(14)10(7-11)2-4-16-5-3-10/h2-7,11H2,1H3,(H,12,14). The minimum absolute atomic E-state index is 0.113. The zero-order valence-corrected chi connectivity index (χ0v) is 9.45. The summed E-state index contributed by atoms with van der Waals surface area (Å²) >= 11 is 0. The number of ether oxygens (including phenoxy) is 2. The van der Waals surface area contributed by atoms with Crippen molar-refractivity contribution in [3.8, 4) is 0 Å². The number of esters is 1. The van der Waals surface area contributed by atoms with E-state index >= 15 is 0 Å². The highest BCUT2D eigenvalue weighted by molar-refractivity contribution is 5.86. The van der Waals surface area contributed by atoms with Gasteiger partial charge in [-0.05, 0) is 12.8 Å². The topological polar surface area (TPSA) is 90.7 Å². The number of nitrogens with one attached hydrogen (secondary N) is 1. The van der Waals surface area contributed by atoms with Crippen LogP contribution in [-0.2, 0) is 19.1 Å². The second-order valence-corrected chi connectivity index (χ2v) is 3.86. The number of rotatable bonds is 4. The molecule has 6 heteroatoms. The number of hydrogen-bond acceptors (Lipinski definition) is 5. The van der Waals surface area contributed by atoms with Gasteiger partial charge in [0.2, 0.25) is 5.91 Å². The van der Waals surface area contributed by atoms with Crippen LogP contribution >= 0.6 is 0 Å². The summed E-state index contributed by atoms with van der Waals surface area (Å²) in [6, 6.07) is 0. The average molecular weight is 230 g/mol. The van der Waals surface area contributed by atoms with Crippen molar-refractivity contribution >= 4 is 11.9 Å². The van der Waals surface area contributed by atoms with E-state index < -0.39 is 11.4 Å². The predicted molar refractivity (Wildman–Crippen MR) is 56.6 cm³/mol. The summed E-state index contributed by atoms with van der Waals surface area (Å²) in [6.45, 7) is 1.22. The van der Waals surface area contributed by atoms with Crippen molar-refractivity contribution in [1.29, 1.82) is 0 Å². The molecule has 0 atom stereocenters. The van der Waals surface area contributed by atoms with Crippen molar-refractivity contribution in [1.82, 2.24) is 5.32 Å². The third-order valence-electron chi connectivity index (χ3n) is 2.94. The minimum atomic E-state index is -0.591. The van der Waals surface area contributed by atoms with Crippen LogP contribution in [0.5, 0.6) is 0 Å². The lowest BCUT2D eigenvalue weighted by Gasteiger charge is -2.34. The van der Waals surface area contributed by atoms with E-state index in [9.17, 15) is 9.59 Å². The van der Waals surface area contributed by atoms with Crippen LogP contribution in [0.25, 0.3) is 0 Å². The van der Waals surface area contributed by atoms with Crippen LogP contribution in [0.1, 0.15) is 12.8 Å². The van der Waals surface area contributed by atoms with Crippen LogP contribution in [0.4, 0.5) is 0 Å². The van der Waals surface area contributed by atoms with Crippen molar-refractivity contribution < 1.29 is 19.1 Å². The summed E-state index contributed by atoms with van der Waals surface area (Å²) in [6.07, 6.45) is 1.19. The second-order valence-electron chi connectivity index (χ2n) is 3.86. The third-order valence-corrected chi connectivity index (χ3v) is 2.94. The van der Waals surface area contributed by atoms with E-state index in [1.165, 1.54) is 7.11 Å². The van der Waals surface area contributed by atoms with Crippen molar-refractivity contribution in [2.45, 2.75) is 12.8 Å². The molecule has 0 aromatic carbocycles. The highest BCUT2D eigenvalue weighted by Crippen LogP contribution is 2.29. The number of carbonyl (C=O) groups excluding carboxylic acids is 2. The molecule has 16 heavy (non-hydrogen) atoms. The van der Waals surface area contributed by atoms with E-state index in [1.54, 1.807) is 0 Å². The fraction of sp³-hybridized carbons (Fsp3) is 0.800. The molecule has 6 nitrogen and oxygen atoms in total. The molecule has 0 aromatic rings. The maximum Gasteiger partial charge on any atom is 0.325 e. The number of carbonyl (C=O) groups is 2. The molecule has 0 unspecified atom stereocenters. The molecule has 1 fully saturated rings. The molecule has 0 bridgehead atoms. The molecule has 92 valence electrons. The summed E-state index contributed by atoms with van der Waals surface area (Å²) in [5.74, 6) is -0.656. The van der Waals surface area contributed by atoms with Crippen molar-refractivity contribution in [3.63, 3.8) is 0 Å². The van der Waals surface area contributed by atoms with Gasteiger partial charge in [-0.25, -0.2) is 0 Å². The highest BCUT2D eigenvalue weighted by Gasteiger charge is 2.38. The summed E-state index contributed by atoms with van der Waals surface area (Å²) in [5, 5.41) is 2.55. The van der Waals surface area contributed by atoms with Crippen molar-refractivity contribution in [2.24, 2.45) is 11.1 Å². The Hall–Kier alpha value is -1.14. The normalized spacial score (nSPS) is 18.9. The lowest BCUT2D eigenvalue weighted by atomic mass is 9.79. The van der Waals surface area contributed by atoms with Crippen molar-refractivity contribution in [3.05, 3.63) is 0 Å². The zero-order valence-electron chi connectivity index (χ0n) is 9.45. The number of amides is 1. The van der Waals surface area contributed by atoms with E-state index in [1.807, 2.05) is 0 Å². The van der Waals surface area contributed by atoms with Gasteiger partial charge < -0.3 is 20.5 Å². The molecule has 1 heterocycles. The highest BCUT2D eigenvalue weighted by atomic mass is 16.5. The van der Waals surface area contributed by atoms with E-state index in [2.05, 4.69) is 10.1 Å². The molecule has 1 saturated heterocycles. The molecule has 1 amide bonds. The van der Waals surface area contributed by atoms with Crippen LogP contribution in [0.15, 0.2) is 0 Å². The Balaban J connectivity index is 2.51. The second kappa shape index (κ2) is 5.81. The van der Waals surface area contributed by atoms with Gasteiger partial charge in [-0.3, -0.25) is 9.59 Å². The monoisotopic (exact) mass is 230 g/mol. The molecular weight excluding hydrogens is 212 g/mol. The van der Waals surface area contributed by atoms with Crippen molar-refractivity contribution in [2.75, 3.05) is 33.4 Å². The molecule has 0 saturated carbocycles. The molecule has 1 aliphatic rings. The molecule has 0 radical (unpaired) electrons. The van der Waals surface area contributed by atoms with Crippen LogP contribution in [0.2, 0.25) is 0 Å². The zero-order chi connectivity index (χ0) is 12.0. The van der Waals surface area contributed by atoms with Gasteiger partial charge in [0, 0.05) is 19.8 Å². The molecule has 1 aliphatic heterocycles. The Kier molecular flexibility index (Phi) is 4.70. The molecule has 0 spiro atoms. The first-order chi connectivity index (χ1) is 7.64. The van der Waals surface area contributed by atoms with Gasteiger partial charge in [0.25, 0.3) is 0 Å². The van der Waals surface area contributed by atoms with Gasteiger partial charge >= 0.3 is 5.97 Å². The Morgan fingerprint density at radius 2 is 2.06 bits per heavy atom. The van der Waals surface area contributed by atoms with Gasteiger partial charge in [-0.1, -0.05) is 0 Å². The fourth-order valence-electron chi connectivity index (χ4n) is 1.70. The van der Waals surface area contributed by atoms with E-state index in [4.69, 9.17) is 10.5 Å². The summed E-state index contributed by atoms with van der Waals surface area (Å²) < 4.78 is 9.64. The predicted octanol–water partition coefficient (Wildman–Crippen LogP) is -0.969. The summed E-state index contributed by atoms with van der Waals surface area (Å²) in [4.78, 5) is 22.8. The van der Waals surface area contributed by atoms with Gasteiger partial charge in [-0.2, -0.15) is 0 Å². The number of methoxy groups -OCH3 is 1. The van der Waals surface area contributed by atoms with Crippen LogP contribution in [-0.4, -0.2) is 45.3 Å². The Labute approximate surface area is 94.5 Å². The first-order valence-corrected chi connectivity index (χ1v) is 5.27. The smallest absolute Gasteiger partial charge is 0.325 e. The van der Waals surface area contributed by atoms with Gasteiger partial charge in [0.1, 0.15) is 6.54 Å². The molecule has 3 N–H and O–H groups in total. The Morgan fingerprint density at radius 3 is 2.56 bits per heavy atom. The van der Waals surface area contributed by atoms with Crippen LogP contribution < -0.4 is 11.1 Å². The number of nitrogens with two attached hydrogens (primary N) is 1. The van der Waals surface area contributed by atoms with E-state index in [0.29, 0.717) is 26.1 Å². The average Bonchev–Trinajstić information content (AvgIpc) is 2.36. The van der Waals surface area contributed by atoms with E-state index in [0.717, 1.165) is 0 Å². The molecule has 0 aliphatic carbocycles. The lowest BCUT2D eigenvalue weighted by Crippen LogP contribution is -2.50. The Morgan fingerprint density at radius 1 is 1.44 bits per heavy atom. The first-order valence-electron chi connectivity index (χ1n) is 5.27. The Bertz CT molecular complexity index is 262. The van der Waals surface area contributed by atoms with Crippen LogP contribution in [0.3, 0.4) is 0 Å². The molecule has 1 rings (SSSR count). The van der Waals surface area contributed by atoms with Gasteiger partial charge in [0.15, 0.2) is 0 Å². The summed E-state index contributed by atoms with van der Waals surface area (Å²) in [7, 11) is 1.28. The van der Waals surface area contributed by atoms with E-state index in [-0.39, 0.29) is 19.0 Å².